The second kappa shape index (κ2) is 7.31. The maximum absolute atomic E-state index is 11.8. The maximum Gasteiger partial charge on any atom is 0.224 e. The molecule has 5 heteroatoms. The van der Waals surface area contributed by atoms with Crippen LogP contribution in [-0.4, -0.2) is 13.0 Å². The van der Waals surface area contributed by atoms with E-state index in [-0.39, 0.29) is 5.91 Å². The Morgan fingerprint density at radius 1 is 1.40 bits per heavy atom. The van der Waals surface area contributed by atoms with E-state index in [1.165, 1.54) is 4.88 Å². The van der Waals surface area contributed by atoms with Crippen LogP contribution in [0, 0.1) is 0 Å². The average Bonchev–Trinajstić information content (AvgIpc) is 2.92. The molecule has 106 valence electrons. The molecule has 2 aromatic rings. The van der Waals surface area contributed by atoms with Gasteiger partial charge in [0.15, 0.2) is 0 Å². The van der Waals surface area contributed by atoms with Crippen molar-refractivity contribution in [2.24, 2.45) is 0 Å². The Hall–Kier alpha value is -1.52. The first kappa shape index (κ1) is 14.9. The van der Waals surface area contributed by atoms with E-state index in [2.05, 4.69) is 16.8 Å². The Morgan fingerprint density at radius 3 is 2.90 bits per heavy atom. The fraction of sp³-hybridized carbons (Fsp3) is 0.267. The van der Waals surface area contributed by atoms with Crippen molar-refractivity contribution in [3.63, 3.8) is 0 Å². The molecule has 0 bridgehead atoms. The standard InChI is InChI=1S/C15H16ClNO2S/c1-19-14-8-7-11(10-13(14)16)17-15(18)6-2-4-12-5-3-9-20-12/h3,5,7-10H,2,4,6H2,1H3,(H,17,18). The van der Waals surface area contributed by atoms with Crippen LogP contribution in [0.4, 0.5) is 5.69 Å². The Bertz CT molecular complexity index is 569. The van der Waals surface area contributed by atoms with E-state index in [0.29, 0.717) is 22.9 Å². The maximum atomic E-state index is 11.8. The van der Waals surface area contributed by atoms with Crippen molar-refractivity contribution in [3.05, 3.63) is 45.6 Å². The van der Waals surface area contributed by atoms with E-state index in [0.717, 1.165) is 12.8 Å². The number of carbonyl (C=O) groups is 1. The second-order valence-corrected chi connectivity index (χ2v) is 5.77. The molecule has 3 nitrogen and oxygen atoms in total. The van der Waals surface area contributed by atoms with Crippen molar-refractivity contribution in [1.29, 1.82) is 0 Å². The summed E-state index contributed by atoms with van der Waals surface area (Å²) in [5, 5.41) is 5.38. The molecule has 1 amide bonds. The van der Waals surface area contributed by atoms with Crippen molar-refractivity contribution < 1.29 is 9.53 Å². The molecule has 0 saturated heterocycles. The van der Waals surface area contributed by atoms with Gasteiger partial charge >= 0.3 is 0 Å². The van der Waals surface area contributed by atoms with Gasteiger partial charge in [-0.05, 0) is 42.5 Å². The molecule has 1 N–H and O–H groups in total. The van der Waals surface area contributed by atoms with Crippen LogP contribution in [0.5, 0.6) is 5.75 Å². The lowest BCUT2D eigenvalue weighted by molar-refractivity contribution is -0.116. The van der Waals surface area contributed by atoms with Gasteiger partial charge in [-0.3, -0.25) is 4.79 Å². The number of carbonyl (C=O) groups excluding carboxylic acids is 1. The molecule has 0 spiro atoms. The summed E-state index contributed by atoms with van der Waals surface area (Å²) in [4.78, 5) is 13.1. The Kier molecular flexibility index (Phi) is 5.44. The van der Waals surface area contributed by atoms with Crippen molar-refractivity contribution in [1.82, 2.24) is 0 Å². The second-order valence-electron chi connectivity index (χ2n) is 4.33. The third-order valence-corrected chi connectivity index (χ3v) is 4.07. The van der Waals surface area contributed by atoms with E-state index < -0.39 is 0 Å². The first-order valence-corrected chi connectivity index (χ1v) is 7.60. The number of amides is 1. The molecule has 0 aliphatic heterocycles. The number of rotatable bonds is 6. The van der Waals surface area contributed by atoms with Gasteiger partial charge in [0.05, 0.1) is 12.1 Å². The third kappa shape index (κ3) is 4.25. The monoisotopic (exact) mass is 309 g/mol. The van der Waals surface area contributed by atoms with Gasteiger partial charge in [-0.1, -0.05) is 17.7 Å². The molecule has 1 heterocycles. The minimum absolute atomic E-state index is 0.00258. The lowest BCUT2D eigenvalue weighted by Gasteiger charge is -2.07. The number of hydrogen-bond acceptors (Lipinski definition) is 3. The summed E-state index contributed by atoms with van der Waals surface area (Å²) in [6.45, 7) is 0. The summed E-state index contributed by atoms with van der Waals surface area (Å²) in [6.07, 6.45) is 2.28. The molecule has 0 unspecified atom stereocenters. The Labute approximate surface area is 127 Å². The highest BCUT2D eigenvalue weighted by Crippen LogP contribution is 2.27. The van der Waals surface area contributed by atoms with E-state index in [1.807, 2.05) is 6.07 Å². The van der Waals surface area contributed by atoms with Gasteiger partial charge in [-0.25, -0.2) is 0 Å². The number of aryl methyl sites for hydroxylation is 1. The zero-order valence-electron chi connectivity index (χ0n) is 11.2. The van der Waals surface area contributed by atoms with Crippen LogP contribution in [0.2, 0.25) is 5.02 Å². The zero-order valence-corrected chi connectivity index (χ0v) is 12.8. The lowest BCUT2D eigenvalue weighted by Crippen LogP contribution is -2.11. The Morgan fingerprint density at radius 2 is 2.25 bits per heavy atom. The smallest absolute Gasteiger partial charge is 0.224 e. The zero-order chi connectivity index (χ0) is 14.4. The van der Waals surface area contributed by atoms with Gasteiger partial charge in [0.1, 0.15) is 5.75 Å². The number of thiophene rings is 1. The summed E-state index contributed by atoms with van der Waals surface area (Å²) in [7, 11) is 1.56. The number of methoxy groups -OCH3 is 1. The van der Waals surface area contributed by atoms with E-state index in [9.17, 15) is 4.79 Å². The SMILES string of the molecule is COc1ccc(NC(=O)CCCc2cccs2)cc1Cl. The van der Waals surface area contributed by atoms with E-state index in [1.54, 1.807) is 36.6 Å². The summed E-state index contributed by atoms with van der Waals surface area (Å²) in [6, 6.07) is 9.33. The number of nitrogens with one attached hydrogen (secondary N) is 1. The average molecular weight is 310 g/mol. The number of hydrogen-bond donors (Lipinski definition) is 1. The summed E-state index contributed by atoms with van der Waals surface area (Å²) in [5.41, 5.74) is 0.692. The number of halogens is 1. The molecule has 0 aliphatic carbocycles. The fourth-order valence-corrected chi connectivity index (χ4v) is 2.85. The minimum atomic E-state index is 0.00258. The van der Waals surface area contributed by atoms with Crippen LogP contribution in [0.1, 0.15) is 17.7 Å². The van der Waals surface area contributed by atoms with E-state index >= 15 is 0 Å². The van der Waals surface area contributed by atoms with Gasteiger partial charge in [0.25, 0.3) is 0 Å². The molecule has 2 rings (SSSR count). The van der Waals surface area contributed by atoms with Crippen molar-refractivity contribution in [3.8, 4) is 5.75 Å². The predicted molar refractivity (Wildman–Crippen MR) is 83.9 cm³/mol. The minimum Gasteiger partial charge on any atom is -0.495 e. The molecule has 0 atom stereocenters. The highest BCUT2D eigenvalue weighted by atomic mass is 35.5. The van der Waals surface area contributed by atoms with Gasteiger partial charge < -0.3 is 10.1 Å². The quantitative estimate of drug-likeness (QED) is 0.860. The molecular formula is C15H16ClNO2S. The van der Waals surface area contributed by atoms with Crippen LogP contribution in [0.25, 0.3) is 0 Å². The molecular weight excluding hydrogens is 294 g/mol. The molecule has 0 radical (unpaired) electrons. The first-order valence-electron chi connectivity index (χ1n) is 6.35. The van der Waals surface area contributed by atoms with Gasteiger partial charge in [-0.15, -0.1) is 11.3 Å². The summed E-state index contributed by atoms with van der Waals surface area (Å²) >= 11 is 7.73. The fourth-order valence-electron chi connectivity index (χ4n) is 1.85. The number of benzene rings is 1. The first-order chi connectivity index (χ1) is 9.69. The predicted octanol–water partition coefficient (Wildman–Crippen LogP) is 4.37. The molecule has 1 aromatic heterocycles. The third-order valence-electron chi connectivity index (χ3n) is 2.84. The lowest BCUT2D eigenvalue weighted by atomic mass is 10.2. The summed E-state index contributed by atoms with van der Waals surface area (Å²) in [5.74, 6) is 0.602. The molecule has 0 saturated carbocycles. The number of ether oxygens (including phenoxy) is 1. The Balaban J connectivity index is 1.80. The molecule has 0 fully saturated rings. The van der Waals surface area contributed by atoms with Crippen LogP contribution in [0.3, 0.4) is 0 Å². The van der Waals surface area contributed by atoms with Crippen molar-refractivity contribution in [2.75, 3.05) is 12.4 Å². The van der Waals surface area contributed by atoms with Crippen LogP contribution in [0.15, 0.2) is 35.7 Å². The van der Waals surface area contributed by atoms with Crippen LogP contribution >= 0.6 is 22.9 Å². The number of anilines is 1. The van der Waals surface area contributed by atoms with Crippen LogP contribution in [-0.2, 0) is 11.2 Å². The molecule has 20 heavy (non-hydrogen) atoms. The van der Waals surface area contributed by atoms with Gasteiger partial charge in [-0.2, -0.15) is 0 Å². The molecule has 0 aliphatic rings. The van der Waals surface area contributed by atoms with Crippen LogP contribution < -0.4 is 10.1 Å². The van der Waals surface area contributed by atoms with E-state index in [4.69, 9.17) is 16.3 Å². The highest BCUT2D eigenvalue weighted by Gasteiger charge is 2.06. The highest BCUT2D eigenvalue weighted by molar-refractivity contribution is 7.09. The van der Waals surface area contributed by atoms with Gasteiger partial charge in [0, 0.05) is 17.0 Å². The normalized spacial score (nSPS) is 10.3. The van der Waals surface area contributed by atoms with Crippen molar-refractivity contribution >= 4 is 34.5 Å². The van der Waals surface area contributed by atoms with Gasteiger partial charge in [0.2, 0.25) is 5.91 Å². The largest absolute Gasteiger partial charge is 0.495 e. The van der Waals surface area contributed by atoms with Crippen molar-refractivity contribution in [2.45, 2.75) is 19.3 Å². The molecule has 1 aromatic carbocycles. The summed E-state index contributed by atoms with van der Waals surface area (Å²) < 4.78 is 5.07. The topological polar surface area (TPSA) is 38.3 Å².